The van der Waals surface area contributed by atoms with E-state index in [0.29, 0.717) is 12.0 Å². The molecule has 0 amide bonds. The number of hydrogen-bond acceptors (Lipinski definition) is 5. The molecular weight excluding hydrogens is 240 g/mol. The van der Waals surface area contributed by atoms with E-state index in [0.717, 1.165) is 30.2 Å². The number of nitrogens with one attached hydrogen (secondary N) is 1. The molecule has 2 bridgehead atoms. The van der Waals surface area contributed by atoms with Crippen molar-refractivity contribution in [3.05, 3.63) is 11.7 Å². The molecule has 3 unspecified atom stereocenters. The average molecular weight is 264 g/mol. The smallest absolute Gasteiger partial charge is 0.228 e. The van der Waals surface area contributed by atoms with Crippen LogP contribution in [0, 0.1) is 0 Å². The predicted octanol–water partition coefficient (Wildman–Crippen LogP) is 1.56. The summed E-state index contributed by atoms with van der Waals surface area (Å²) in [5.74, 6) is 2.20. The minimum absolute atomic E-state index is 0.377. The Morgan fingerprint density at radius 2 is 2.05 bits per heavy atom. The summed E-state index contributed by atoms with van der Waals surface area (Å²) in [6.45, 7) is 2.12. The molecule has 106 valence electrons. The quantitative estimate of drug-likeness (QED) is 0.894. The summed E-state index contributed by atoms with van der Waals surface area (Å²) in [7, 11) is 4.21. The van der Waals surface area contributed by atoms with Gasteiger partial charge in [0.15, 0.2) is 5.82 Å². The lowest BCUT2D eigenvalue weighted by Crippen LogP contribution is -2.39. The number of likely N-dealkylation sites (N-methyl/N-ethyl adjacent to an activating group) is 1. The molecule has 19 heavy (non-hydrogen) atoms. The molecule has 0 aliphatic carbocycles. The van der Waals surface area contributed by atoms with Crippen molar-refractivity contribution in [1.29, 1.82) is 0 Å². The monoisotopic (exact) mass is 264 g/mol. The van der Waals surface area contributed by atoms with Crippen LogP contribution in [0.2, 0.25) is 0 Å². The molecule has 2 saturated heterocycles. The molecule has 0 spiro atoms. The van der Waals surface area contributed by atoms with Gasteiger partial charge in [-0.1, -0.05) is 5.16 Å². The SMILES string of the molecule is CNC(C)Cc1nc(C2CC3CCC(C2)N3C)no1. The molecule has 1 aromatic heterocycles. The Bertz CT molecular complexity index is 419. The summed E-state index contributed by atoms with van der Waals surface area (Å²) in [4.78, 5) is 7.15. The van der Waals surface area contributed by atoms with Crippen molar-refractivity contribution in [2.45, 2.75) is 63.1 Å². The van der Waals surface area contributed by atoms with Gasteiger partial charge in [-0.05, 0) is 46.7 Å². The van der Waals surface area contributed by atoms with Crippen molar-refractivity contribution in [2.24, 2.45) is 0 Å². The highest BCUT2D eigenvalue weighted by molar-refractivity contribution is 5.05. The van der Waals surface area contributed by atoms with E-state index < -0.39 is 0 Å². The molecular formula is C14H24N4O. The van der Waals surface area contributed by atoms with Gasteiger partial charge in [0.25, 0.3) is 0 Å². The van der Waals surface area contributed by atoms with Crippen LogP contribution in [0.4, 0.5) is 0 Å². The number of nitrogens with zero attached hydrogens (tertiary/aromatic N) is 3. The van der Waals surface area contributed by atoms with Crippen molar-refractivity contribution < 1.29 is 4.52 Å². The van der Waals surface area contributed by atoms with E-state index in [1.807, 2.05) is 7.05 Å². The summed E-state index contributed by atoms with van der Waals surface area (Å²) in [5, 5.41) is 7.41. The van der Waals surface area contributed by atoms with E-state index in [1.54, 1.807) is 0 Å². The van der Waals surface area contributed by atoms with Crippen LogP contribution < -0.4 is 5.32 Å². The summed E-state index contributed by atoms with van der Waals surface area (Å²) < 4.78 is 5.39. The molecule has 3 atom stereocenters. The fourth-order valence-electron chi connectivity index (χ4n) is 3.50. The molecule has 1 aromatic rings. The minimum Gasteiger partial charge on any atom is -0.339 e. The van der Waals surface area contributed by atoms with Crippen LogP contribution in [-0.2, 0) is 6.42 Å². The van der Waals surface area contributed by atoms with Crippen LogP contribution in [0.15, 0.2) is 4.52 Å². The molecule has 3 heterocycles. The van der Waals surface area contributed by atoms with Gasteiger partial charge in [0, 0.05) is 30.5 Å². The van der Waals surface area contributed by atoms with Gasteiger partial charge < -0.3 is 14.7 Å². The summed E-state index contributed by atoms with van der Waals surface area (Å²) >= 11 is 0. The topological polar surface area (TPSA) is 54.2 Å². The third-order valence-corrected chi connectivity index (χ3v) is 4.92. The first-order valence-corrected chi connectivity index (χ1v) is 7.39. The van der Waals surface area contributed by atoms with Gasteiger partial charge >= 0.3 is 0 Å². The minimum atomic E-state index is 0.377. The lowest BCUT2D eigenvalue weighted by Gasteiger charge is -2.34. The van der Waals surface area contributed by atoms with Gasteiger partial charge in [0.05, 0.1) is 0 Å². The Hall–Kier alpha value is -0.940. The first-order chi connectivity index (χ1) is 9.17. The third kappa shape index (κ3) is 2.54. The van der Waals surface area contributed by atoms with Crippen molar-refractivity contribution >= 4 is 0 Å². The molecule has 0 radical (unpaired) electrons. The molecule has 2 fully saturated rings. The highest BCUT2D eigenvalue weighted by Crippen LogP contribution is 2.41. The zero-order valence-electron chi connectivity index (χ0n) is 12.1. The van der Waals surface area contributed by atoms with Gasteiger partial charge in [0.2, 0.25) is 5.89 Å². The molecule has 0 aromatic carbocycles. The molecule has 2 aliphatic rings. The van der Waals surface area contributed by atoms with Crippen molar-refractivity contribution in [2.75, 3.05) is 14.1 Å². The van der Waals surface area contributed by atoms with E-state index in [1.165, 1.54) is 25.7 Å². The first-order valence-electron chi connectivity index (χ1n) is 7.39. The zero-order chi connectivity index (χ0) is 13.4. The van der Waals surface area contributed by atoms with E-state index in [4.69, 9.17) is 4.52 Å². The molecule has 5 heteroatoms. The lowest BCUT2D eigenvalue weighted by atomic mass is 9.90. The second-order valence-electron chi connectivity index (χ2n) is 6.16. The zero-order valence-corrected chi connectivity index (χ0v) is 12.1. The van der Waals surface area contributed by atoms with Crippen LogP contribution >= 0.6 is 0 Å². The maximum Gasteiger partial charge on any atom is 0.228 e. The second-order valence-corrected chi connectivity index (χ2v) is 6.16. The standard InChI is InChI=1S/C14H24N4O/c1-9(15-2)6-13-16-14(17-19-13)10-7-11-4-5-12(8-10)18(11)3/h9-12,15H,4-8H2,1-3H3. The fourth-order valence-corrected chi connectivity index (χ4v) is 3.50. The number of aromatic nitrogens is 2. The maximum atomic E-state index is 5.39. The van der Waals surface area contributed by atoms with Gasteiger partial charge in [-0.15, -0.1) is 0 Å². The molecule has 1 N–H and O–H groups in total. The molecule has 3 rings (SSSR count). The highest BCUT2D eigenvalue weighted by atomic mass is 16.5. The van der Waals surface area contributed by atoms with E-state index in [2.05, 4.69) is 34.3 Å². The summed E-state index contributed by atoms with van der Waals surface area (Å²) in [5.41, 5.74) is 0. The largest absolute Gasteiger partial charge is 0.339 e. The van der Waals surface area contributed by atoms with Crippen LogP contribution in [-0.4, -0.2) is 47.3 Å². The van der Waals surface area contributed by atoms with Crippen molar-refractivity contribution in [1.82, 2.24) is 20.4 Å². The third-order valence-electron chi connectivity index (χ3n) is 4.92. The fraction of sp³-hybridized carbons (Fsp3) is 0.857. The van der Waals surface area contributed by atoms with Crippen LogP contribution in [0.3, 0.4) is 0 Å². The Labute approximate surface area is 114 Å². The Morgan fingerprint density at radius 3 is 2.68 bits per heavy atom. The van der Waals surface area contributed by atoms with Crippen LogP contribution in [0.5, 0.6) is 0 Å². The van der Waals surface area contributed by atoms with Gasteiger partial charge in [0.1, 0.15) is 0 Å². The molecule has 0 saturated carbocycles. The summed E-state index contributed by atoms with van der Waals surface area (Å²) in [6, 6.07) is 1.82. The highest BCUT2D eigenvalue weighted by Gasteiger charge is 2.40. The number of fused-ring (bicyclic) bond motifs is 2. The lowest BCUT2D eigenvalue weighted by molar-refractivity contribution is 0.157. The van der Waals surface area contributed by atoms with Crippen LogP contribution in [0.1, 0.15) is 50.2 Å². The Kier molecular flexibility index (Phi) is 3.58. The predicted molar refractivity (Wildman–Crippen MR) is 73.1 cm³/mol. The maximum absolute atomic E-state index is 5.39. The van der Waals surface area contributed by atoms with Crippen LogP contribution in [0.25, 0.3) is 0 Å². The number of rotatable bonds is 4. The van der Waals surface area contributed by atoms with Crippen molar-refractivity contribution in [3.63, 3.8) is 0 Å². The van der Waals surface area contributed by atoms with Gasteiger partial charge in [-0.3, -0.25) is 0 Å². The van der Waals surface area contributed by atoms with Gasteiger partial charge in [-0.2, -0.15) is 4.98 Å². The number of hydrogen-bond donors (Lipinski definition) is 1. The van der Waals surface area contributed by atoms with E-state index in [-0.39, 0.29) is 0 Å². The Morgan fingerprint density at radius 1 is 1.37 bits per heavy atom. The normalized spacial score (nSPS) is 32.7. The molecule has 5 nitrogen and oxygen atoms in total. The van der Waals surface area contributed by atoms with Crippen molar-refractivity contribution in [3.8, 4) is 0 Å². The first kappa shape index (κ1) is 13.1. The second kappa shape index (κ2) is 5.21. The average Bonchev–Trinajstić information content (AvgIpc) is 2.92. The van der Waals surface area contributed by atoms with E-state index in [9.17, 15) is 0 Å². The van der Waals surface area contributed by atoms with E-state index >= 15 is 0 Å². The molecule has 2 aliphatic heterocycles. The van der Waals surface area contributed by atoms with Gasteiger partial charge in [-0.25, -0.2) is 0 Å². The number of piperidine rings is 1. The summed E-state index contributed by atoms with van der Waals surface area (Å²) in [6.07, 6.45) is 5.85. The Balaban J connectivity index is 1.67.